The summed E-state index contributed by atoms with van der Waals surface area (Å²) in [5, 5.41) is 17.5. The van der Waals surface area contributed by atoms with E-state index in [4.69, 9.17) is 10.4 Å². The van der Waals surface area contributed by atoms with Gasteiger partial charge >= 0.3 is 5.97 Å². The molecule has 0 aliphatic heterocycles. The van der Waals surface area contributed by atoms with Crippen molar-refractivity contribution >= 4 is 5.97 Å². The summed E-state index contributed by atoms with van der Waals surface area (Å²) >= 11 is 0. The number of carboxylic acids is 1. The SMILES string of the molecule is CC(CN(CC#N)Cc1ccccn1)C(=O)O. The summed E-state index contributed by atoms with van der Waals surface area (Å²) in [5.74, 6) is -1.35. The van der Waals surface area contributed by atoms with E-state index in [0.29, 0.717) is 13.1 Å². The molecule has 0 fully saturated rings. The maximum Gasteiger partial charge on any atom is 0.307 e. The summed E-state index contributed by atoms with van der Waals surface area (Å²) in [4.78, 5) is 16.7. The smallest absolute Gasteiger partial charge is 0.307 e. The number of carboxylic acid groups (broad SMARTS) is 1. The van der Waals surface area contributed by atoms with Crippen LogP contribution in [-0.2, 0) is 11.3 Å². The average Bonchev–Trinajstić information content (AvgIpc) is 2.30. The van der Waals surface area contributed by atoms with Crippen molar-refractivity contribution in [3.63, 3.8) is 0 Å². The van der Waals surface area contributed by atoms with Gasteiger partial charge in [-0.2, -0.15) is 5.26 Å². The molecule has 0 radical (unpaired) electrons. The molecular formula is C12H15N3O2. The monoisotopic (exact) mass is 233 g/mol. The first-order valence-electron chi connectivity index (χ1n) is 5.35. The highest BCUT2D eigenvalue weighted by molar-refractivity contribution is 5.69. The molecule has 1 heterocycles. The zero-order valence-corrected chi connectivity index (χ0v) is 9.71. The normalized spacial score (nSPS) is 12.1. The predicted molar refractivity (Wildman–Crippen MR) is 61.9 cm³/mol. The van der Waals surface area contributed by atoms with E-state index >= 15 is 0 Å². The molecule has 0 spiro atoms. The Morgan fingerprint density at radius 2 is 2.41 bits per heavy atom. The zero-order chi connectivity index (χ0) is 12.7. The predicted octanol–water partition coefficient (Wildman–Crippen LogP) is 1.13. The fourth-order valence-electron chi connectivity index (χ4n) is 1.47. The zero-order valence-electron chi connectivity index (χ0n) is 9.71. The fraction of sp³-hybridized carbons (Fsp3) is 0.417. The van der Waals surface area contributed by atoms with Crippen LogP contribution < -0.4 is 0 Å². The van der Waals surface area contributed by atoms with E-state index in [2.05, 4.69) is 4.98 Å². The largest absolute Gasteiger partial charge is 0.481 e. The molecule has 1 aromatic heterocycles. The number of aliphatic carboxylic acids is 1. The Morgan fingerprint density at radius 3 is 2.94 bits per heavy atom. The van der Waals surface area contributed by atoms with Gasteiger partial charge in [0.15, 0.2) is 0 Å². The molecule has 0 amide bonds. The van der Waals surface area contributed by atoms with E-state index in [1.54, 1.807) is 18.0 Å². The molecule has 0 aromatic carbocycles. The van der Waals surface area contributed by atoms with Crippen molar-refractivity contribution in [1.82, 2.24) is 9.88 Å². The van der Waals surface area contributed by atoms with Gasteiger partial charge in [-0.1, -0.05) is 13.0 Å². The van der Waals surface area contributed by atoms with Crippen LogP contribution in [0.4, 0.5) is 0 Å². The average molecular weight is 233 g/mol. The number of pyridine rings is 1. The van der Waals surface area contributed by atoms with Crippen LogP contribution in [0.3, 0.4) is 0 Å². The number of rotatable bonds is 6. The van der Waals surface area contributed by atoms with Gasteiger partial charge < -0.3 is 5.11 Å². The lowest BCUT2D eigenvalue weighted by Gasteiger charge is -2.20. The quantitative estimate of drug-likeness (QED) is 0.745. The molecule has 1 unspecified atom stereocenters. The molecule has 1 aromatic rings. The molecule has 90 valence electrons. The number of hydrogen-bond acceptors (Lipinski definition) is 4. The Hall–Kier alpha value is -1.93. The molecule has 1 rings (SSSR count). The molecule has 5 nitrogen and oxygen atoms in total. The van der Waals surface area contributed by atoms with E-state index < -0.39 is 11.9 Å². The summed E-state index contributed by atoms with van der Waals surface area (Å²) in [6.45, 7) is 2.67. The summed E-state index contributed by atoms with van der Waals surface area (Å²) in [5.41, 5.74) is 0.834. The van der Waals surface area contributed by atoms with E-state index in [0.717, 1.165) is 5.69 Å². The van der Waals surface area contributed by atoms with Crippen molar-refractivity contribution in [2.24, 2.45) is 5.92 Å². The third-order valence-electron chi connectivity index (χ3n) is 2.36. The second-order valence-corrected chi connectivity index (χ2v) is 3.89. The number of aromatic nitrogens is 1. The lowest BCUT2D eigenvalue weighted by molar-refractivity contribution is -0.141. The molecule has 0 saturated heterocycles. The summed E-state index contributed by atoms with van der Waals surface area (Å²) in [6, 6.07) is 7.58. The van der Waals surface area contributed by atoms with Gasteiger partial charge in [0.05, 0.1) is 24.2 Å². The van der Waals surface area contributed by atoms with Crippen LogP contribution in [-0.4, -0.2) is 34.0 Å². The van der Waals surface area contributed by atoms with Crippen molar-refractivity contribution in [2.75, 3.05) is 13.1 Å². The first-order valence-corrected chi connectivity index (χ1v) is 5.35. The van der Waals surface area contributed by atoms with Crippen LogP contribution in [0.15, 0.2) is 24.4 Å². The first-order chi connectivity index (χ1) is 8.13. The highest BCUT2D eigenvalue weighted by atomic mass is 16.4. The van der Waals surface area contributed by atoms with E-state index in [1.807, 2.05) is 24.3 Å². The molecule has 5 heteroatoms. The van der Waals surface area contributed by atoms with Gasteiger partial charge in [-0.15, -0.1) is 0 Å². The Labute approximate surface area is 100 Å². The van der Waals surface area contributed by atoms with E-state index in [-0.39, 0.29) is 6.54 Å². The van der Waals surface area contributed by atoms with Gasteiger partial charge in [0.2, 0.25) is 0 Å². The Morgan fingerprint density at radius 1 is 1.65 bits per heavy atom. The van der Waals surface area contributed by atoms with Crippen LogP contribution >= 0.6 is 0 Å². The van der Waals surface area contributed by atoms with Crippen molar-refractivity contribution < 1.29 is 9.90 Å². The van der Waals surface area contributed by atoms with E-state index in [1.165, 1.54) is 0 Å². The Balaban J connectivity index is 2.61. The maximum atomic E-state index is 10.8. The van der Waals surface area contributed by atoms with Crippen molar-refractivity contribution in [2.45, 2.75) is 13.5 Å². The highest BCUT2D eigenvalue weighted by Gasteiger charge is 2.16. The van der Waals surface area contributed by atoms with Gasteiger partial charge in [-0.25, -0.2) is 0 Å². The van der Waals surface area contributed by atoms with Gasteiger partial charge in [0.25, 0.3) is 0 Å². The molecule has 0 aliphatic carbocycles. The molecular weight excluding hydrogens is 218 g/mol. The second kappa shape index (κ2) is 6.61. The number of nitrogens with zero attached hydrogens (tertiary/aromatic N) is 3. The standard InChI is InChI=1S/C12H15N3O2/c1-10(12(16)17)8-15(7-5-13)9-11-4-2-3-6-14-11/h2-4,6,10H,7-9H2,1H3,(H,16,17). The minimum atomic E-state index is -0.853. The first kappa shape index (κ1) is 13.1. The lowest BCUT2D eigenvalue weighted by Crippen LogP contribution is -2.32. The molecule has 0 aliphatic rings. The lowest BCUT2D eigenvalue weighted by atomic mass is 10.1. The molecule has 17 heavy (non-hydrogen) atoms. The summed E-state index contributed by atoms with van der Waals surface area (Å²) < 4.78 is 0. The van der Waals surface area contributed by atoms with Gasteiger partial charge in [-0.05, 0) is 12.1 Å². The summed E-state index contributed by atoms with van der Waals surface area (Å²) in [7, 11) is 0. The van der Waals surface area contributed by atoms with Crippen LogP contribution in [0.2, 0.25) is 0 Å². The maximum absolute atomic E-state index is 10.8. The minimum absolute atomic E-state index is 0.203. The number of nitriles is 1. The summed E-state index contributed by atoms with van der Waals surface area (Å²) in [6.07, 6.45) is 1.68. The Bertz CT molecular complexity index is 400. The molecule has 1 atom stereocenters. The topological polar surface area (TPSA) is 77.2 Å². The van der Waals surface area contributed by atoms with Crippen molar-refractivity contribution in [3.05, 3.63) is 30.1 Å². The number of carbonyl (C=O) groups is 1. The van der Waals surface area contributed by atoms with Crippen molar-refractivity contribution in [3.8, 4) is 6.07 Å². The highest BCUT2D eigenvalue weighted by Crippen LogP contribution is 2.05. The van der Waals surface area contributed by atoms with E-state index in [9.17, 15) is 4.79 Å². The van der Waals surface area contributed by atoms with Gasteiger partial charge in [0, 0.05) is 19.3 Å². The van der Waals surface area contributed by atoms with Crippen LogP contribution in [0, 0.1) is 17.2 Å². The molecule has 1 N–H and O–H groups in total. The van der Waals surface area contributed by atoms with Gasteiger partial charge in [0.1, 0.15) is 0 Å². The fourth-order valence-corrected chi connectivity index (χ4v) is 1.47. The Kier molecular flexibility index (Phi) is 5.11. The molecule has 0 bridgehead atoms. The third-order valence-corrected chi connectivity index (χ3v) is 2.36. The number of hydrogen-bond donors (Lipinski definition) is 1. The van der Waals surface area contributed by atoms with Crippen LogP contribution in [0.25, 0.3) is 0 Å². The molecule has 0 saturated carbocycles. The van der Waals surface area contributed by atoms with Crippen molar-refractivity contribution in [1.29, 1.82) is 5.26 Å². The second-order valence-electron chi connectivity index (χ2n) is 3.89. The third kappa shape index (κ3) is 4.62. The van der Waals surface area contributed by atoms with Crippen LogP contribution in [0.1, 0.15) is 12.6 Å². The minimum Gasteiger partial charge on any atom is -0.481 e. The van der Waals surface area contributed by atoms with Crippen LogP contribution in [0.5, 0.6) is 0 Å². The van der Waals surface area contributed by atoms with Gasteiger partial charge in [-0.3, -0.25) is 14.7 Å².